The molecular weight excluding hydrogens is 308 g/mol. The van der Waals surface area contributed by atoms with Gasteiger partial charge in [0.25, 0.3) is 5.91 Å². The first-order valence-electron chi connectivity index (χ1n) is 5.80. The van der Waals surface area contributed by atoms with Crippen LogP contribution in [0.2, 0.25) is 0 Å². The van der Waals surface area contributed by atoms with Gasteiger partial charge in [0.2, 0.25) is 0 Å². The number of nitriles is 1. The van der Waals surface area contributed by atoms with Crippen molar-refractivity contribution in [1.82, 2.24) is 4.98 Å². The number of amides is 1. The molecule has 1 amide bonds. The summed E-state index contributed by atoms with van der Waals surface area (Å²) in [5, 5.41) is 42.2. The van der Waals surface area contributed by atoms with E-state index in [0.29, 0.717) is 0 Å². The minimum Gasteiger partial charge on any atom is -0.506 e. The zero-order valence-corrected chi connectivity index (χ0v) is 11.8. The van der Waals surface area contributed by atoms with Crippen LogP contribution in [0.4, 0.5) is 10.8 Å². The Morgan fingerprint density at radius 2 is 2.14 bits per heavy atom. The van der Waals surface area contributed by atoms with Crippen LogP contribution in [0.1, 0.15) is 5.56 Å². The SMILES string of the molecule is N#C/C(C(=O)Nc1nccs1)=C(/O)c1cc(N)c(O)c(O)c1. The summed E-state index contributed by atoms with van der Waals surface area (Å²) < 4.78 is 0. The number of thiazole rings is 1. The molecule has 0 aliphatic rings. The molecule has 2 rings (SSSR count). The molecule has 1 aromatic heterocycles. The van der Waals surface area contributed by atoms with Gasteiger partial charge in [0.05, 0.1) is 5.69 Å². The lowest BCUT2D eigenvalue weighted by atomic mass is 10.1. The minimum atomic E-state index is -0.860. The molecule has 0 atom stereocenters. The number of aromatic hydroxyl groups is 2. The second kappa shape index (κ2) is 6.02. The smallest absolute Gasteiger partial charge is 0.271 e. The number of nitrogen functional groups attached to an aromatic ring is 1. The Hall–Kier alpha value is -3.25. The molecule has 0 unspecified atom stereocenters. The topological polar surface area (TPSA) is 152 Å². The van der Waals surface area contributed by atoms with Crippen LogP contribution in [0.15, 0.2) is 29.3 Å². The molecule has 8 nitrogen and oxygen atoms in total. The van der Waals surface area contributed by atoms with E-state index in [1.54, 1.807) is 11.4 Å². The normalized spacial score (nSPS) is 11.4. The van der Waals surface area contributed by atoms with E-state index in [4.69, 9.17) is 11.0 Å². The van der Waals surface area contributed by atoms with Crippen molar-refractivity contribution in [3.05, 3.63) is 34.8 Å². The molecular formula is C13H10N4O4S. The molecule has 0 fully saturated rings. The fourth-order valence-electron chi connectivity index (χ4n) is 1.58. The molecule has 0 saturated carbocycles. The number of anilines is 2. The van der Waals surface area contributed by atoms with Crippen LogP contribution in [0, 0.1) is 11.3 Å². The Labute approximate surface area is 128 Å². The third-order valence-corrected chi connectivity index (χ3v) is 3.31. The highest BCUT2D eigenvalue weighted by atomic mass is 32.1. The number of hydrogen-bond acceptors (Lipinski definition) is 8. The fraction of sp³-hybridized carbons (Fsp3) is 0. The summed E-state index contributed by atoms with van der Waals surface area (Å²) in [6, 6.07) is 3.68. The zero-order chi connectivity index (χ0) is 16.3. The summed E-state index contributed by atoms with van der Waals surface area (Å²) in [4.78, 5) is 15.8. The summed E-state index contributed by atoms with van der Waals surface area (Å²) in [5.41, 5.74) is 4.57. The molecule has 0 spiro atoms. The molecule has 0 aliphatic heterocycles. The molecule has 0 radical (unpaired) electrons. The van der Waals surface area contributed by atoms with Crippen molar-refractivity contribution in [2.45, 2.75) is 0 Å². The van der Waals surface area contributed by atoms with Crippen molar-refractivity contribution in [2.24, 2.45) is 0 Å². The number of phenolic OH excluding ortho intramolecular Hbond substituents is 2. The first kappa shape index (κ1) is 15.1. The van der Waals surface area contributed by atoms with E-state index >= 15 is 0 Å². The van der Waals surface area contributed by atoms with Crippen LogP contribution in [0.25, 0.3) is 5.76 Å². The Bertz CT molecular complexity index is 770. The maximum atomic E-state index is 12.0. The van der Waals surface area contributed by atoms with E-state index in [0.717, 1.165) is 23.5 Å². The van der Waals surface area contributed by atoms with Gasteiger partial charge in [0, 0.05) is 17.1 Å². The number of aliphatic hydroxyl groups is 1. The minimum absolute atomic E-state index is 0.0846. The van der Waals surface area contributed by atoms with Crippen LogP contribution < -0.4 is 11.1 Å². The van der Waals surface area contributed by atoms with Gasteiger partial charge in [-0.3, -0.25) is 10.1 Å². The van der Waals surface area contributed by atoms with Gasteiger partial charge in [0.1, 0.15) is 11.8 Å². The van der Waals surface area contributed by atoms with Crippen molar-refractivity contribution >= 4 is 33.8 Å². The fourth-order valence-corrected chi connectivity index (χ4v) is 2.10. The van der Waals surface area contributed by atoms with Crippen molar-refractivity contribution in [2.75, 3.05) is 11.1 Å². The molecule has 112 valence electrons. The number of carbonyl (C=O) groups is 1. The highest BCUT2D eigenvalue weighted by Gasteiger charge is 2.19. The molecule has 9 heteroatoms. The molecule has 6 N–H and O–H groups in total. The van der Waals surface area contributed by atoms with Gasteiger partial charge in [-0.25, -0.2) is 4.98 Å². The summed E-state index contributed by atoms with van der Waals surface area (Å²) in [7, 11) is 0. The number of hydrogen-bond donors (Lipinski definition) is 5. The number of rotatable bonds is 3. The van der Waals surface area contributed by atoms with E-state index in [2.05, 4.69) is 10.3 Å². The number of benzene rings is 1. The van der Waals surface area contributed by atoms with E-state index < -0.39 is 28.7 Å². The lowest BCUT2D eigenvalue weighted by Crippen LogP contribution is -2.15. The standard InChI is InChI=1S/C13H10N4O4S/c14-5-7(12(21)17-13-16-1-2-22-13)10(19)6-3-8(15)11(20)9(18)4-6/h1-4,18-20H,15H2,(H,16,17,21)/b10-7-. The van der Waals surface area contributed by atoms with Gasteiger partial charge in [-0.1, -0.05) is 0 Å². The first-order chi connectivity index (χ1) is 10.4. The number of aromatic nitrogens is 1. The maximum absolute atomic E-state index is 12.0. The zero-order valence-electron chi connectivity index (χ0n) is 10.9. The van der Waals surface area contributed by atoms with Gasteiger partial charge < -0.3 is 21.1 Å². The van der Waals surface area contributed by atoms with Gasteiger partial charge in [-0.15, -0.1) is 11.3 Å². The van der Waals surface area contributed by atoms with Crippen LogP contribution in [-0.2, 0) is 4.79 Å². The van der Waals surface area contributed by atoms with Gasteiger partial charge in [-0.2, -0.15) is 5.26 Å². The number of phenols is 2. The molecule has 2 aromatic rings. The quantitative estimate of drug-likeness (QED) is 0.189. The van der Waals surface area contributed by atoms with Crippen LogP contribution in [0.5, 0.6) is 11.5 Å². The van der Waals surface area contributed by atoms with E-state index in [9.17, 15) is 20.1 Å². The van der Waals surface area contributed by atoms with Gasteiger partial charge in [0.15, 0.2) is 22.2 Å². The van der Waals surface area contributed by atoms with Gasteiger partial charge >= 0.3 is 0 Å². The highest BCUT2D eigenvalue weighted by Crippen LogP contribution is 2.34. The number of aliphatic hydroxyl groups excluding tert-OH is 1. The van der Waals surface area contributed by atoms with Crippen molar-refractivity contribution in [1.29, 1.82) is 5.26 Å². The van der Waals surface area contributed by atoms with Crippen LogP contribution >= 0.6 is 11.3 Å². The number of nitrogens with one attached hydrogen (secondary N) is 1. The number of nitrogens with two attached hydrogens (primary N) is 1. The van der Waals surface area contributed by atoms with Crippen LogP contribution in [0.3, 0.4) is 0 Å². The van der Waals surface area contributed by atoms with Crippen LogP contribution in [-0.4, -0.2) is 26.2 Å². The van der Waals surface area contributed by atoms with E-state index in [1.807, 2.05) is 0 Å². The molecule has 22 heavy (non-hydrogen) atoms. The second-order valence-corrected chi connectivity index (χ2v) is 4.95. The van der Waals surface area contributed by atoms with Crippen molar-refractivity contribution in [3.8, 4) is 17.6 Å². The average Bonchev–Trinajstić information content (AvgIpc) is 2.97. The van der Waals surface area contributed by atoms with E-state index in [-0.39, 0.29) is 16.4 Å². The van der Waals surface area contributed by atoms with E-state index in [1.165, 1.54) is 6.20 Å². The average molecular weight is 318 g/mol. The Kier molecular flexibility index (Phi) is 4.15. The van der Waals surface area contributed by atoms with Crippen molar-refractivity contribution < 1.29 is 20.1 Å². The number of carbonyl (C=O) groups excluding carboxylic acids is 1. The first-order valence-corrected chi connectivity index (χ1v) is 6.68. The molecule has 0 bridgehead atoms. The number of nitrogens with zero attached hydrogens (tertiary/aromatic N) is 2. The summed E-state index contributed by atoms with van der Waals surface area (Å²) >= 11 is 1.14. The third kappa shape index (κ3) is 2.92. The highest BCUT2D eigenvalue weighted by molar-refractivity contribution is 7.13. The second-order valence-electron chi connectivity index (χ2n) is 4.06. The monoisotopic (exact) mass is 318 g/mol. The lowest BCUT2D eigenvalue weighted by Gasteiger charge is -2.08. The summed E-state index contributed by atoms with van der Waals surface area (Å²) in [6.45, 7) is 0. The summed E-state index contributed by atoms with van der Waals surface area (Å²) in [5.74, 6) is -2.68. The van der Waals surface area contributed by atoms with Gasteiger partial charge in [-0.05, 0) is 12.1 Å². The predicted molar refractivity (Wildman–Crippen MR) is 80.1 cm³/mol. The Morgan fingerprint density at radius 1 is 1.41 bits per heavy atom. The molecule has 1 heterocycles. The predicted octanol–water partition coefficient (Wildman–Crippen LogP) is 1.57. The molecule has 1 aromatic carbocycles. The van der Waals surface area contributed by atoms with Crippen molar-refractivity contribution in [3.63, 3.8) is 0 Å². The maximum Gasteiger partial charge on any atom is 0.271 e. The Balaban J connectivity index is 2.41. The summed E-state index contributed by atoms with van der Waals surface area (Å²) in [6.07, 6.45) is 1.47. The molecule has 0 aliphatic carbocycles. The third-order valence-electron chi connectivity index (χ3n) is 2.62. The Morgan fingerprint density at radius 3 is 2.68 bits per heavy atom. The lowest BCUT2D eigenvalue weighted by molar-refractivity contribution is -0.112. The molecule has 0 saturated heterocycles. The largest absolute Gasteiger partial charge is 0.506 e.